The van der Waals surface area contributed by atoms with Crippen molar-refractivity contribution in [2.45, 2.75) is 19.4 Å². The fourth-order valence-corrected chi connectivity index (χ4v) is 2.53. The average Bonchev–Trinajstić information content (AvgIpc) is 2.93. The molecule has 108 valence electrons. The maximum absolute atomic E-state index is 5.89. The van der Waals surface area contributed by atoms with Gasteiger partial charge in [0.15, 0.2) is 0 Å². The van der Waals surface area contributed by atoms with E-state index in [0.717, 1.165) is 34.7 Å². The van der Waals surface area contributed by atoms with Crippen molar-refractivity contribution < 1.29 is 4.42 Å². The second-order valence-electron chi connectivity index (χ2n) is 5.24. The van der Waals surface area contributed by atoms with E-state index in [1.165, 1.54) is 5.56 Å². The number of fused-ring (bicyclic) bond motifs is 1. The Balaban J connectivity index is 1.58. The molecule has 1 aromatic heterocycles. The van der Waals surface area contributed by atoms with Gasteiger partial charge in [0.1, 0.15) is 11.3 Å². The summed E-state index contributed by atoms with van der Waals surface area (Å²) >= 11 is 5.89. The van der Waals surface area contributed by atoms with Crippen molar-refractivity contribution in [2.75, 3.05) is 6.54 Å². The molecule has 0 fully saturated rings. The fourth-order valence-electron chi connectivity index (χ4n) is 2.40. The number of benzene rings is 2. The average molecular weight is 300 g/mol. The van der Waals surface area contributed by atoms with Crippen LogP contribution in [0, 0.1) is 0 Å². The van der Waals surface area contributed by atoms with Crippen molar-refractivity contribution in [1.82, 2.24) is 5.32 Å². The Hall–Kier alpha value is -1.77. The van der Waals surface area contributed by atoms with Crippen molar-refractivity contribution in [3.05, 3.63) is 70.9 Å². The van der Waals surface area contributed by atoms with Crippen LogP contribution in [0.4, 0.5) is 0 Å². The Bertz CT molecular complexity index is 684. The van der Waals surface area contributed by atoms with Crippen LogP contribution in [0.15, 0.2) is 59.0 Å². The lowest BCUT2D eigenvalue weighted by molar-refractivity contribution is 0.453. The number of para-hydroxylation sites is 1. The lowest BCUT2D eigenvalue weighted by atomic mass is 10.1. The first-order chi connectivity index (χ1) is 10.2. The predicted molar refractivity (Wildman–Crippen MR) is 87.8 cm³/mol. The molecule has 0 bridgehead atoms. The standard InChI is InChI=1S/C18H18ClNO/c1-13(18-12-15-4-2-3-5-17(15)21-18)20-11-10-14-6-8-16(19)9-7-14/h2-9,12-13,20H,10-11H2,1H3. The first kappa shape index (κ1) is 14.2. The molecule has 3 aromatic rings. The highest BCUT2D eigenvalue weighted by atomic mass is 35.5. The minimum Gasteiger partial charge on any atom is -0.459 e. The van der Waals surface area contributed by atoms with Gasteiger partial charge in [-0.2, -0.15) is 0 Å². The molecule has 21 heavy (non-hydrogen) atoms. The molecule has 2 aromatic carbocycles. The van der Waals surface area contributed by atoms with Gasteiger partial charge in [-0.25, -0.2) is 0 Å². The van der Waals surface area contributed by atoms with E-state index in [1.54, 1.807) is 0 Å². The van der Waals surface area contributed by atoms with E-state index in [4.69, 9.17) is 16.0 Å². The highest BCUT2D eigenvalue weighted by Crippen LogP contribution is 2.23. The van der Waals surface area contributed by atoms with E-state index < -0.39 is 0 Å². The van der Waals surface area contributed by atoms with Crippen LogP contribution in [-0.4, -0.2) is 6.54 Å². The molecule has 0 aliphatic heterocycles. The zero-order chi connectivity index (χ0) is 14.7. The van der Waals surface area contributed by atoms with E-state index >= 15 is 0 Å². The third-order valence-electron chi connectivity index (χ3n) is 3.65. The Kier molecular flexibility index (Phi) is 4.28. The van der Waals surface area contributed by atoms with Crippen molar-refractivity contribution in [3.8, 4) is 0 Å². The van der Waals surface area contributed by atoms with Gasteiger partial charge in [-0.1, -0.05) is 41.9 Å². The summed E-state index contributed by atoms with van der Waals surface area (Å²) in [5.74, 6) is 0.979. The van der Waals surface area contributed by atoms with E-state index in [1.807, 2.05) is 30.3 Å². The van der Waals surface area contributed by atoms with Crippen LogP contribution in [0.2, 0.25) is 5.02 Å². The molecule has 1 atom stereocenters. The summed E-state index contributed by atoms with van der Waals surface area (Å²) in [5.41, 5.74) is 2.22. The third-order valence-corrected chi connectivity index (χ3v) is 3.90. The number of rotatable bonds is 5. The molecule has 0 spiro atoms. The molecule has 0 radical (unpaired) electrons. The lowest BCUT2D eigenvalue weighted by Crippen LogP contribution is -2.20. The molecular formula is C18H18ClNO. The third kappa shape index (κ3) is 3.46. The van der Waals surface area contributed by atoms with Crippen molar-refractivity contribution >= 4 is 22.6 Å². The van der Waals surface area contributed by atoms with Gasteiger partial charge in [0, 0.05) is 10.4 Å². The van der Waals surface area contributed by atoms with E-state index in [2.05, 4.69) is 36.5 Å². The van der Waals surface area contributed by atoms with Crippen LogP contribution in [0.1, 0.15) is 24.3 Å². The number of furan rings is 1. The molecule has 0 amide bonds. The molecule has 2 nitrogen and oxygen atoms in total. The SMILES string of the molecule is CC(NCCc1ccc(Cl)cc1)c1cc2ccccc2o1. The largest absolute Gasteiger partial charge is 0.459 e. The van der Waals surface area contributed by atoms with Crippen LogP contribution >= 0.6 is 11.6 Å². The van der Waals surface area contributed by atoms with Gasteiger partial charge in [0.25, 0.3) is 0 Å². The summed E-state index contributed by atoms with van der Waals surface area (Å²) in [5, 5.41) is 5.43. The van der Waals surface area contributed by atoms with Gasteiger partial charge in [-0.15, -0.1) is 0 Å². The quantitative estimate of drug-likeness (QED) is 0.719. The van der Waals surface area contributed by atoms with Gasteiger partial charge in [0.2, 0.25) is 0 Å². The van der Waals surface area contributed by atoms with E-state index in [-0.39, 0.29) is 6.04 Å². The van der Waals surface area contributed by atoms with Crippen LogP contribution in [0.25, 0.3) is 11.0 Å². The molecule has 0 aliphatic carbocycles. The summed E-state index contributed by atoms with van der Waals surface area (Å²) in [6.07, 6.45) is 0.974. The minimum atomic E-state index is 0.199. The van der Waals surface area contributed by atoms with Crippen molar-refractivity contribution in [2.24, 2.45) is 0 Å². The van der Waals surface area contributed by atoms with Crippen LogP contribution < -0.4 is 5.32 Å². The molecule has 1 unspecified atom stereocenters. The molecule has 1 heterocycles. The van der Waals surface area contributed by atoms with E-state index in [0.29, 0.717) is 0 Å². The summed E-state index contributed by atoms with van der Waals surface area (Å²) < 4.78 is 5.87. The number of halogens is 1. The Morgan fingerprint density at radius 3 is 2.62 bits per heavy atom. The molecule has 0 saturated carbocycles. The molecule has 3 rings (SSSR count). The van der Waals surface area contributed by atoms with Gasteiger partial charge >= 0.3 is 0 Å². The highest BCUT2D eigenvalue weighted by Gasteiger charge is 2.10. The van der Waals surface area contributed by atoms with Gasteiger partial charge in [0.05, 0.1) is 6.04 Å². The fraction of sp³-hybridized carbons (Fsp3) is 0.222. The van der Waals surface area contributed by atoms with Crippen molar-refractivity contribution in [1.29, 1.82) is 0 Å². The first-order valence-corrected chi connectivity index (χ1v) is 7.56. The predicted octanol–water partition coefficient (Wildman–Crippen LogP) is 4.98. The van der Waals surface area contributed by atoms with E-state index in [9.17, 15) is 0 Å². The van der Waals surface area contributed by atoms with Crippen LogP contribution in [-0.2, 0) is 6.42 Å². The Labute approximate surface area is 129 Å². The zero-order valence-electron chi connectivity index (χ0n) is 12.0. The number of hydrogen-bond acceptors (Lipinski definition) is 2. The second kappa shape index (κ2) is 6.33. The topological polar surface area (TPSA) is 25.2 Å². The summed E-state index contributed by atoms with van der Waals surface area (Å²) in [6.45, 7) is 3.03. The van der Waals surface area contributed by atoms with Crippen LogP contribution in [0.5, 0.6) is 0 Å². The second-order valence-corrected chi connectivity index (χ2v) is 5.68. The first-order valence-electron chi connectivity index (χ1n) is 7.19. The normalized spacial score (nSPS) is 12.7. The van der Waals surface area contributed by atoms with Crippen LogP contribution in [0.3, 0.4) is 0 Å². The molecule has 3 heteroatoms. The van der Waals surface area contributed by atoms with Gasteiger partial charge in [-0.05, 0) is 49.7 Å². The molecular weight excluding hydrogens is 282 g/mol. The Morgan fingerprint density at radius 1 is 1.10 bits per heavy atom. The Morgan fingerprint density at radius 2 is 1.86 bits per heavy atom. The minimum absolute atomic E-state index is 0.199. The smallest absolute Gasteiger partial charge is 0.134 e. The summed E-state index contributed by atoms with van der Waals surface area (Å²) in [7, 11) is 0. The summed E-state index contributed by atoms with van der Waals surface area (Å²) in [6, 6.07) is 18.4. The number of nitrogens with one attached hydrogen (secondary N) is 1. The maximum Gasteiger partial charge on any atom is 0.134 e. The zero-order valence-corrected chi connectivity index (χ0v) is 12.7. The lowest BCUT2D eigenvalue weighted by Gasteiger charge is -2.11. The highest BCUT2D eigenvalue weighted by molar-refractivity contribution is 6.30. The van der Waals surface area contributed by atoms with Gasteiger partial charge < -0.3 is 9.73 Å². The molecule has 0 saturated heterocycles. The van der Waals surface area contributed by atoms with Crippen molar-refractivity contribution in [3.63, 3.8) is 0 Å². The summed E-state index contributed by atoms with van der Waals surface area (Å²) in [4.78, 5) is 0. The monoisotopic (exact) mass is 299 g/mol. The number of hydrogen-bond donors (Lipinski definition) is 1. The van der Waals surface area contributed by atoms with Gasteiger partial charge in [-0.3, -0.25) is 0 Å². The molecule has 0 aliphatic rings. The molecule has 1 N–H and O–H groups in total. The maximum atomic E-state index is 5.89.